The average Bonchev–Trinajstić information content (AvgIpc) is 2.47. The number of carbonyl (C=O) groups is 1. The Morgan fingerprint density at radius 3 is 0.806 bits per heavy atom. The zero-order valence-electron chi connectivity index (χ0n) is 19.1. The first-order chi connectivity index (χ1) is 11.7. The molecule has 15 nitrogen and oxygen atoms in total. The molecule has 2 N–H and O–H groups in total. The van der Waals surface area contributed by atoms with Crippen molar-refractivity contribution in [2.75, 3.05) is 0 Å². The molecule has 0 bridgehead atoms. The fraction of sp³-hybridized carbons (Fsp3) is 0.889. The topological polar surface area (TPSA) is 255 Å². The summed E-state index contributed by atoms with van der Waals surface area (Å²) in [7, 11) is -10.6. The van der Waals surface area contributed by atoms with Crippen molar-refractivity contribution in [1.29, 1.82) is 0 Å². The van der Waals surface area contributed by atoms with E-state index in [0.717, 1.165) is 0 Å². The molecule has 0 aromatic carbocycles. The van der Waals surface area contributed by atoms with Gasteiger partial charge < -0.3 is 35.3 Å². The minimum absolute atomic E-state index is 0. The Labute approximate surface area is 275 Å². The summed E-state index contributed by atoms with van der Waals surface area (Å²) in [5.41, 5.74) is -0.806. The van der Waals surface area contributed by atoms with Crippen LogP contribution in [0.1, 0.15) is 41.5 Å². The fourth-order valence-electron chi connectivity index (χ4n) is 0.0680. The third-order valence-electron chi connectivity index (χ3n) is 0.742. The van der Waals surface area contributed by atoms with E-state index in [1.54, 1.807) is 41.5 Å². The van der Waals surface area contributed by atoms with Gasteiger partial charge in [-0.05, 0) is 41.5 Å². The van der Waals surface area contributed by atoms with Crippen molar-refractivity contribution in [3.63, 3.8) is 0 Å². The van der Waals surface area contributed by atoms with Gasteiger partial charge in [-0.25, -0.2) is 26.6 Å². The third-order valence-corrected chi connectivity index (χ3v) is 1.30. The van der Waals surface area contributed by atoms with Crippen LogP contribution >= 0.6 is 12.3 Å². The van der Waals surface area contributed by atoms with Crippen LogP contribution in [0.4, 0.5) is 0 Å². The second kappa shape index (κ2) is 33.5. The second-order valence-electron chi connectivity index (χ2n) is 5.43. The number of hydrogen-bond donors (Lipinski definition) is 2. The van der Waals surface area contributed by atoms with E-state index in [1.807, 2.05) is 6.79 Å². The van der Waals surface area contributed by atoms with Crippen molar-refractivity contribution in [3.8, 4) is 0 Å². The Hall–Kier alpha value is 3.52. The normalized spacial score (nSPS) is 9.68. The monoisotopic (exact) mass is 558 g/mol. The molecule has 0 aromatic rings. The molecule has 0 saturated heterocycles. The number of rotatable bonds is 3. The van der Waals surface area contributed by atoms with Gasteiger partial charge in [-0.2, -0.15) is 0 Å². The van der Waals surface area contributed by atoms with Crippen LogP contribution in [-0.2, 0) is 44.0 Å². The van der Waals surface area contributed by atoms with Crippen LogP contribution in [0.15, 0.2) is 0 Å². The molecule has 0 aliphatic rings. The smallest absolute Gasteiger partial charge is 0.811 e. The van der Waals surface area contributed by atoms with Gasteiger partial charge in [0, 0.05) is 0 Å². The van der Waals surface area contributed by atoms with Crippen molar-refractivity contribution in [2.24, 2.45) is 0 Å². The van der Waals surface area contributed by atoms with E-state index < -0.39 is 44.3 Å². The maximum Gasteiger partial charge on any atom is 1.00 e. The minimum Gasteiger partial charge on any atom is -0.811 e. The van der Waals surface area contributed by atoms with Crippen LogP contribution in [0.2, 0.25) is 0 Å². The van der Waals surface area contributed by atoms with Crippen molar-refractivity contribution >= 4 is 39.9 Å². The predicted molar refractivity (Wildman–Crippen MR) is 84.8 cm³/mol. The molecule has 0 spiro atoms. The Bertz CT molecular complexity index is 473. The summed E-state index contributed by atoms with van der Waals surface area (Å²) in [6.07, 6.45) is 0. The molecular formula is C9H22Na4O15S3. The van der Waals surface area contributed by atoms with Crippen LogP contribution in [0, 0.1) is 0 Å². The average molecular weight is 558 g/mol. The van der Waals surface area contributed by atoms with Gasteiger partial charge >= 0.3 is 118 Å². The zero-order chi connectivity index (χ0) is 23.5. The fourth-order valence-corrected chi connectivity index (χ4v) is 0.612. The number of hydrogen-bond acceptors (Lipinski definition) is 16. The van der Waals surface area contributed by atoms with Gasteiger partial charge in [-0.1, -0.05) is 0 Å². The third kappa shape index (κ3) is 122. The molecule has 170 valence electrons. The zero-order valence-corrected chi connectivity index (χ0v) is 29.6. The Morgan fingerprint density at radius 2 is 0.774 bits per heavy atom. The van der Waals surface area contributed by atoms with E-state index in [-0.39, 0.29) is 118 Å². The molecule has 31 heavy (non-hydrogen) atoms. The van der Waals surface area contributed by atoms with Crippen LogP contribution in [0.25, 0.3) is 0 Å². The van der Waals surface area contributed by atoms with E-state index in [1.165, 1.54) is 0 Å². The van der Waals surface area contributed by atoms with Crippen molar-refractivity contribution in [2.45, 2.75) is 52.7 Å². The summed E-state index contributed by atoms with van der Waals surface area (Å²) >= 11 is -0.750. The van der Waals surface area contributed by atoms with Gasteiger partial charge in [0.2, 0.25) is 20.8 Å². The summed E-state index contributed by atoms with van der Waals surface area (Å²) in [5.74, 6) is 0. The molecule has 0 fully saturated rings. The van der Waals surface area contributed by atoms with Crippen LogP contribution in [0.5, 0.6) is 0 Å². The van der Waals surface area contributed by atoms with E-state index in [0.29, 0.717) is 0 Å². The SMILES string of the molecule is C=O.CC(C)(C)OO.CC(C)(C)OO.O=S(=O)([O-])OOS(=O)(=O)[O-].[Na+].[Na+].[Na+].[Na+].[O-]S[O-]. The summed E-state index contributed by atoms with van der Waals surface area (Å²) in [6.45, 7) is 12.6. The molecule has 0 radical (unpaired) electrons. The summed E-state index contributed by atoms with van der Waals surface area (Å²) in [4.78, 5) is 15.9. The standard InChI is InChI=1S/2C4H10O2.CH2O.4Na.H2O8S2.H2O2S/c2*1-4(2,3)6-5;1-2;;;;;1-9(2,3)7-8-10(4,5)6;1-3-2/h2*5H,1-3H3;1H2;;;;;(H,1,2,3)(H,4,5,6);1-2H/q;;;4*+1;;/p-4. The molecule has 0 amide bonds. The van der Waals surface area contributed by atoms with E-state index in [2.05, 4.69) is 18.4 Å². The predicted octanol–water partition coefficient (Wildman–Crippen LogP) is -11.8. The Morgan fingerprint density at radius 1 is 0.677 bits per heavy atom. The first kappa shape index (κ1) is 59.6. The summed E-state index contributed by atoms with van der Waals surface area (Å²) < 4.78 is 78.0. The molecule has 0 aliphatic heterocycles. The molecular weight excluding hydrogens is 536 g/mol. The van der Waals surface area contributed by atoms with Crippen LogP contribution in [0.3, 0.4) is 0 Å². The van der Waals surface area contributed by atoms with Gasteiger partial charge in [0.15, 0.2) is 0 Å². The molecule has 22 heteroatoms. The van der Waals surface area contributed by atoms with E-state index in [4.69, 9.17) is 24.4 Å². The van der Waals surface area contributed by atoms with Gasteiger partial charge in [0.05, 0.1) is 11.2 Å². The van der Waals surface area contributed by atoms with Gasteiger partial charge in [-0.3, -0.25) is 10.5 Å². The van der Waals surface area contributed by atoms with Crippen molar-refractivity contribution in [3.05, 3.63) is 0 Å². The Kier molecular flexibility index (Phi) is 64.4. The van der Waals surface area contributed by atoms with Crippen molar-refractivity contribution in [1.82, 2.24) is 0 Å². The van der Waals surface area contributed by atoms with E-state index in [9.17, 15) is 25.9 Å². The number of carbonyl (C=O) groups excluding carboxylic acids is 1. The summed E-state index contributed by atoms with van der Waals surface area (Å²) in [6, 6.07) is 0. The van der Waals surface area contributed by atoms with Gasteiger partial charge in [0.25, 0.3) is 0 Å². The quantitative estimate of drug-likeness (QED) is 0.0814. The van der Waals surface area contributed by atoms with Gasteiger partial charge in [-0.15, -0.1) is 8.67 Å². The van der Waals surface area contributed by atoms with E-state index >= 15 is 0 Å². The minimum atomic E-state index is -5.31. The summed E-state index contributed by atoms with van der Waals surface area (Å²) in [5, 5.41) is 15.8. The molecule has 0 unspecified atom stereocenters. The van der Waals surface area contributed by atoms with Crippen LogP contribution in [-0.4, -0.2) is 63.6 Å². The molecule has 0 rings (SSSR count). The molecule has 0 atom stereocenters. The maximum absolute atomic E-state index is 9.37. The largest absolute Gasteiger partial charge is 1.00 e. The molecule has 0 saturated carbocycles. The maximum atomic E-state index is 9.37. The van der Waals surface area contributed by atoms with Crippen molar-refractivity contribution < 1.29 is 187 Å². The van der Waals surface area contributed by atoms with Gasteiger partial charge in [0.1, 0.15) is 6.79 Å². The second-order valence-corrected chi connectivity index (χ2v) is 7.47. The first-order valence-electron chi connectivity index (χ1n) is 5.90. The molecule has 0 aromatic heterocycles. The molecule has 0 aliphatic carbocycles. The first-order valence-corrected chi connectivity index (χ1v) is 9.23. The van der Waals surface area contributed by atoms with Crippen LogP contribution < -0.4 is 118 Å². The Balaban J connectivity index is -0.0000000294. The molecule has 0 heterocycles.